The number of hydrogen-bond acceptors (Lipinski definition) is 4. The number of thiophene rings is 1. The number of hydrogen-bond donors (Lipinski definition) is 1. The van der Waals surface area contributed by atoms with E-state index in [0.29, 0.717) is 18.6 Å². The van der Waals surface area contributed by atoms with Crippen molar-refractivity contribution in [3.63, 3.8) is 0 Å². The molecule has 1 aromatic heterocycles. The third kappa shape index (κ3) is 2.62. The number of ether oxygens (including phenoxy) is 1. The average Bonchev–Trinajstić information content (AvgIpc) is 3.12. The lowest BCUT2D eigenvalue weighted by Crippen LogP contribution is -2.36. The molecule has 3 unspecified atom stereocenters. The molecule has 2 saturated heterocycles. The first-order valence-electron chi connectivity index (χ1n) is 7.40. The molecule has 1 amide bonds. The van der Waals surface area contributed by atoms with E-state index in [0.717, 1.165) is 26.0 Å². The van der Waals surface area contributed by atoms with Gasteiger partial charge in [0.2, 0.25) is 5.91 Å². The van der Waals surface area contributed by atoms with Gasteiger partial charge in [0, 0.05) is 28.8 Å². The van der Waals surface area contributed by atoms with Crippen molar-refractivity contribution in [3.05, 3.63) is 21.9 Å². The normalized spacial score (nSPS) is 30.4. The van der Waals surface area contributed by atoms with Gasteiger partial charge in [0.15, 0.2) is 0 Å². The van der Waals surface area contributed by atoms with E-state index in [9.17, 15) is 4.79 Å². The minimum Gasteiger partial charge on any atom is -0.378 e. The first-order chi connectivity index (χ1) is 9.69. The van der Waals surface area contributed by atoms with Gasteiger partial charge in [-0.15, -0.1) is 11.3 Å². The summed E-state index contributed by atoms with van der Waals surface area (Å²) < 4.78 is 5.75. The Hall–Kier alpha value is -0.910. The van der Waals surface area contributed by atoms with Gasteiger partial charge in [-0.05, 0) is 31.9 Å². The van der Waals surface area contributed by atoms with Gasteiger partial charge in [0.05, 0.1) is 12.6 Å². The zero-order chi connectivity index (χ0) is 14.1. The molecule has 3 atom stereocenters. The molecule has 0 saturated carbocycles. The van der Waals surface area contributed by atoms with Gasteiger partial charge < -0.3 is 9.64 Å². The van der Waals surface area contributed by atoms with Crippen LogP contribution < -0.4 is 5.32 Å². The lowest BCUT2D eigenvalue weighted by molar-refractivity contribution is -0.128. The van der Waals surface area contributed by atoms with Gasteiger partial charge in [0.1, 0.15) is 6.17 Å². The fourth-order valence-corrected chi connectivity index (χ4v) is 4.17. The van der Waals surface area contributed by atoms with Crippen LogP contribution in [0, 0.1) is 12.8 Å². The van der Waals surface area contributed by atoms with E-state index in [4.69, 9.17) is 4.74 Å². The predicted molar refractivity (Wildman–Crippen MR) is 79.7 cm³/mol. The van der Waals surface area contributed by atoms with E-state index in [1.165, 1.54) is 9.75 Å². The van der Waals surface area contributed by atoms with Crippen molar-refractivity contribution < 1.29 is 9.53 Å². The second-order valence-corrected chi connectivity index (χ2v) is 6.96. The monoisotopic (exact) mass is 294 g/mol. The van der Waals surface area contributed by atoms with Gasteiger partial charge >= 0.3 is 0 Å². The van der Waals surface area contributed by atoms with Crippen LogP contribution in [0.1, 0.15) is 35.7 Å². The van der Waals surface area contributed by atoms with Crippen LogP contribution in [-0.2, 0) is 9.53 Å². The summed E-state index contributed by atoms with van der Waals surface area (Å²) in [6, 6.07) is 4.25. The second-order valence-electron chi connectivity index (χ2n) is 5.64. The molecule has 4 nitrogen and oxygen atoms in total. The van der Waals surface area contributed by atoms with Crippen molar-refractivity contribution in [2.24, 2.45) is 5.92 Å². The molecule has 2 aliphatic rings. The van der Waals surface area contributed by atoms with Crippen molar-refractivity contribution in [3.8, 4) is 0 Å². The molecule has 0 aromatic carbocycles. The fourth-order valence-electron chi connectivity index (χ4n) is 3.21. The molecule has 3 heterocycles. The van der Waals surface area contributed by atoms with E-state index < -0.39 is 0 Å². The molecule has 0 aliphatic carbocycles. The van der Waals surface area contributed by atoms with Crippen LogP contribution in [0.15, 0.2) is 12.1 Å². The Labute approximate surface area is 124 Å². The minimum absolute atomic E-state index is 0.0549. The standard InChI is InChI=1S/C15H22N2O2S/c1-3-12-11(6-7-19-12)9-17-14(18)8-16-15(17)13-5-4-10(2)20-13/h4-5,11-12,15-16H,3,6-9H2,1-2H3. The molecule has 110 valence electrons. The van der Waals surface area contributed by atoms with Gasteiger partial charge in [-0.1, -0.05) is 6.92 Å². The van der Waals surface area contributed by atoms with Crippen LogP contribution in [0.2, 0.25) is 0 Å². The van der Waals surface area contributed by atoms with Gasteiger partial charge in [-0.25, -0.2) is 0 Å². The van der Waals surface area contributed by atoms with Crippen LogP contribution in [0.4, 0.5) is 0 Å². The zero-order valence-electron chi connectivity index (χ0n) is 12.1. The second kappa shape index (κ2) is 5.84. The summed E-state index contributed by atoms with van der Waals surface area (Å²) in [6.45, 7) is 6.36. The van der Waals surface area contributed by atoms with Crippen molar-refractivity contribution in [2.45, 2.75) is 39.0 Å². The van der Waals surface area contributed by atoms with Crippen molar-refractivity contribution in [1.82, 2.24) is 10.2 Å². The molecule has 2 fully saturated rings. The molecule has 3 rings (SSSR count). The predicted octanol–water partition coefficient (Wildman–Crippen LogP) is 2.30. The largest absolute Gasteiger partial charge is 0.378 e. The first-order valence-corrected chi connectivity index (χ1v) is 8.21. The van der Waals surface area contributed by atoms with Crippen LogP contribution in [0.5, 0.6) is 0 Å². The highest BCUT2D eigenvalue weighted by Crippen LogP contribution is 2.32. The zero-order valence-corrected chi connectivity index (χ0v) is 12.9. The maximum absolute atomic E-state index is 12.2. The topological polar surface area (TPSA) is 41.6 Å². The Morgan fingerprint density at radius 3 is 3.05 bits per heavy atom. The number of nitrogens with zero attached hydrogens (tertiary/aromatic N) is 1. The lowest BCUT2D eigenvalue weighted by atomic mass is 9.99. The number of amides is 1. The van der Waals surface area contributed by atoms with Crippen LogP contribution >= 0.6 is 11.3 Å². The van der Waals surface area contributed by atoms with Crippen LogP contribution in [-0.4, -0.2) is 36.6 Å². The summed E-state index contributed by atoms with van der Waals surface area (Å²) in [5, 5.41) is 3.34. The molecule has 5 heteroatoms. The van der Waals surface area contributed by atoms with E-state index in [2.05, 4.69) is 31.3 Å². The summed E-state index contributed by atoms with van der Waals surface area (Å²) in [4.78, 5) is 16.7. The van der Waals surface area contributed by atoms with Crippen LogP contribution in [0.25, 0.3) is 0 Å². The molecule has 1 aromatic rings. The number of carbonyl (C=O) groups is 1. The summed E-state index contributed by atoms with van der Waals surface area (Å²) in [5.74, 6) is 0.690. The van der Waals surface area contributed by atoms with Gasteiger partial charge in [-0.2, -0.15) is 0 Å². The third-order valence-electron chi connectivity index (χ3n) is 4.29. The minimum atomic E-state index is 0.0549. The summed E-state index contributed by atoms with van der Waals surface area (Å²) in [6.07, 6.45) is 2.47. The third-order valence-corrected chi connectivity index (χ3v) is 5.34. The lowest BCUT2D eigenvalue weighted by Gasteiger charge is -2.28. The first kappa shape index (κ1) is 14.0. The maximum Gasteiger partial charge on any atom is 0.238 e. The molecule has 0 radical (unpaired) electrons. The average molecular weight is 294 g/mol. The van der Waals surface area contributed by atoms with E-state index in [1.807, 2.05) is 4.90 Å². The SMILES string of the molecule is CCC1OCCC1CN1C(=O)CNC1c1ccc(C)s1. The number of carbonyl (C=O) groups excluding carboxylic acids is 1. The molecule has 0 bridgehead atoms. The molecule has 2 aliphatic heterocycles. The molecule has 20 heavy (non-hydrogen) atoms. The highest BCUT2D eigenvalue weighted by molar-refractivity contribution is 7.12. The van der Waals surface area contributed by atoms with Crippen molar-refractivity contribution in [1.29, 1.82) is 0 Å². The quantitative estimate of drug-likeness (QED) is 0.926. The number of nitrogens with one attached hydrogen (secondary N) is 1. The van der Waals surface area contributed by atoms with Crippen molar-refractivity contribution >= 4 is 17.2 Å². The highest BCUT2D eigenvalue weighted by atomic mass is 32.1. The van der Waals surface area contributed by atoms with E-state index in [1.54, 1.807) is 11.3 Å². The van der Waals surface area contributed by atoms with Gasteiger partial charge in [0.25, 0.3) is 0 Å². The fraction of sp³-hybridized carbons (Fsp3) is 0.667. The Morgan fingerprint density at radius 1 is 1.50 bits per heavy atom. The van der Waals surface area contributed by atoms with E-state index in [-0.39, 0.29) is 12.1 Å². The molecular weight excluding hydrogens is 272 g/mol. The summed E-state index contributed by atoms with van der Waals surface area (Å²) in [7, 11) is 0. The Bertz CT molecular complexity index is 488. The summed E-state index contributed by atoms with van der Waals surface area (Å²) >= 11 is 1.77. The molecule has 0 spiro atoms. The van der Waals surface area contributed by atoms with Gasteiger partial charge in [-0.3, -0.25) is 10.1 Å². The Morgan fingerprint density at radius 2 is 2.35 bits per heavy atom. The highest BCUT2D eigenvalue weighted by Gasteiger charge is 2.37. The molecule has 1 N–H and O–H groups in total. The Balaban J connectivity index is 1.74. The smallest absolute Gasteiger partial charge is 0.238 e. The van der Waals surface area contributed by atoms with Crippen molar-refractivity contribution in [2.75, 3.05) is 19.7 Å². The van der Waals surface area contributed by atoms with E-state index >= 15 is 0 Å². The van der Waals surface area contributed by atoms with Crippen LogP contribution in [0.3, 0.4) is 0 Å². The summed E-state index contributed by atoms with van der Waals surface area (Å²) in [5.41, 5.74) is 0. The number of rotatable bonds is 4. The number of aryl methyl sites for hydroxylation is 1. The Kier molecular flexibility index (Phi) is 4.10. The molecular formula is C15H22N2O2S. The maximum atomic E-state index is 12.2.